The number of pyridine rings is 1. The second-order valence-electron chi connectivity index (χ2n) is 5.13. The van der Waals surface area contributed by atoms with E-state index in [-0.39, 0.29) is 12.1 Å². The minimum Gasteiger partial charge on any atom is -0.394 e. The molecule has 0 radical (unpaired) electrons. The predicted molar refractivity (Wildman–Crippen MR) is 71.2 cm³/mol. The lowest BCUT2D eigenvalue weighted by atomic mass is 10.0. The van der Waals surface area contributed by atoms with Gasteiger partial charge in [-0.15, -0.1) is 11.8 Å². The Balaban J connectivity index is 2.02. The monoisotopic (exact) mass is 252 g/mol. The quantitative estimate of drug-likeness (QED) is 0.864. The van der Waals surface area contributed by atoms with Crippen LogP contribution in [-0.4, -0.2) is 27.5 Å². The van der Waals surface area contributed by atoms with Crippen LogP contribution in [0.3, 0.4) is 0 Å². The van der Waals surface area contributed by atoms with Crippen LogP contribution in [0.25, 0.3) is 0 Å². The topological polar surface area (TPSA) is 59.1 Å². The first-order valence-electron chi connectivity index (χ1n) is 6.02. The van der Waals surface area contributed by atoms with Crippen LogP contribution in [0.4, 0.5) is 0 Å². The lowest BCUT2D eigenvalue weighted by Gasteiger charge is -2.20. The molecule has 4 heteroatoms. The third-order valence-electron chi connectivity index (χ3n) is 3.27. The van der Waals surface area contributed by atoms with Crippen LogP contribution < -0.4 is 5.73 Å². The number of aliphatic hydroxyl groups excluding tert-OH is 1. The number of aliphatic hydroxyl groups is 1. The molecule has 3 nitrogen and oxygen atoms in total. The second kappa shape index (κ2) is 4.96. The van der Waals surface area contributed by atoms with Gasteiger partial charge in [0.15, 0.2) is 0 Å². The largest absolute Gasteiger partial charge is 0.394 e. The molecule has 0 saturated heterocycles. The number of hydrogen-bond donors (Lipinski definition) is 2. The molecule has 2 unspecified atom stereocenters. The van der Waals surface area contributed by atoms with Gasteiger partial charge in [-0.05, 0) is 50.8 Å². The first-order valence-corrected chi connectivity index (χ1v) is 6.90. The fraction of sp³-hybridized carbons (Fsp3) is 0.615. The molecule has 2 atom stereocenters. The van der Waals surface area contributed by atoms with E-state index in [0.717, 1.165) is 30.0 Å². The summed E-state index contributed by atoms with van der Waals surface area (Å²) in [5.74, 6) is 0. The zero-order valence-corrected chi connectivity index (χ0v) is 11.3. The normalized spacial score (nSPS) is 28.6. The Hall–Kier alpha value is -0.580. The second-order valence-corrected chi connectivity index (χ2v) is 6.45. The molecule has 1 aliphatic rings. The highest BCUT2D eigenvalue weighted by Crippen LogP contribution is 2.38. The van der Waals surface area contributed by atoms with Crippen LogP contribution in [-0.2, 0) is 0 Å². The van der Waals surface area contributed by atoms with Crippen molar-refractivity contribution in [3.63, 3.8) is 0 Å². The lowest BCUT2D eigenvalue weighted by Crippen LogP contribution is -2.40. The summed E-state index contributed by atoms with van der Waals surface area (Å²) in [6.45, 7) is 4.20. The first kappa shape index (κ1) is 12.9. The molecular weight excluding hydrogens is 232 g/mol. The predicted octanol–water partition coefficient (Wildman–Crippen LogP) is 2.03. The summed E-state index contributed by atoms with van der Waals surface area (Å²) in [6.07, 6.45) is 2.85. The Morgan fingerprint density at radius 2 is 2.29 bits per heavy atom. The van der Waals surface area contributed by atoms with E-state index in [1.54, 1.807) is 11.8 Å². The summed E-state index contributed by atoms with van der Waals surface area (Å²) in [5, 5.41) is 10.8. The number of nitrogens with two attached hydrogens (primary N) is 1. The summed E-state index contributed by atoms with van der Waals surface area (Å²) in [5.41, 5.74) is 8.02. The van der Waals surface area contributed by atoms with Gasteiger partial charge in [-0.3, -0.25) is 0 Å². The third-order valence-corrected chi connectivity index (χ3v) is 4.46. The van der Waals surface area contributed by atoms with E-state index in [9.17, 15) is 5.11 Å². The van der Waals surface area contributed by atoms with Crippen molar-refractivity contribution in [2.75, 3.05) is 6.61 Å². The minimum absolute atomic E-state index is 0.0876. The molecule has 0 aromatic carbocycles. The van der Waals surface area contributed by atoms with Gasteiger partial charge in [-0.2, -0.15) is 0 Å². The molecule has 1 aromatic heterocycles. The fourth-order valence-corrected chi connectivity index (χ4v) is 3.83. The highest BCUT2D eigenvalue weighted by Gasteiger charge is 2.35. The van der Waals surface area contributed by atoms with E-state index in [2.05, 4.69) is 24.0 Å². The smallest absolute Gasteiger partial charge is 0.0968 e. The Morgan fingerprint density at radius 1 is 1.53 bits per heavy atom. The minimum atomic E-state index is -0.365. The molecule has 1 heterocycles. The first-order chi connectivity index (χ1) is 8.00. The van der Waals surface area contributed by atoms with Crippen molar-refractivity contribution in [1.29, 1.82) is 0 Å². The molecule has 2 rings (SSSR count). The van der Waals surface area contributed by atoms with Crippen molar-refractivity contribution in [2.45, 2.75) is 48.9 Å². The number of nitrogens with zero attached hydrogens (tertiary/aromatic N) is 1. The molecule has 0 amide bonds. The van der Waals surface area contributed by atoms with E-state index in [1.807, 2.05) is 6.92 Å². The number of aromatic nitrogens is 1. The van der Waals surface area contributed by atoms with E-state index in [1.165, 1.54) is 5.56 Å². The molecule has 0 spiro atoms. The summed E-state index contributed by atoms with van der Waals surface area (Å²) in [7, 11) is 0. The maximum Gasteiger partial charge on any atom is 0.0968 e. The summed E-state index contributed by atoms with van der Waals surface area (Å²) in [6, 6.07) is 4.20. The van der Waals surface area contributed by atoms with Crippen molar-refractivity contribution in [3.8, 4) is 0 Å². The van der Waals surface area contributed by atoms with E-state index in [4.69, 9.17) is 5.73 Å². The highest BCUT2D eigenvalue weighted by molar-refractivity contribution is 7.99. The average Bonchev–Trinajstić information content (AvgIpc) is 2.59. The van der Waals surface area contributed by atoms with Crippen molar-refractivity contribution < 1.29 is 5.11 Å². The standard InChI is InChI=1S/C13H20N2OS/c1-9-5-10(2)15-12(6-9)17-11-3-4-13(14,7-11)8-16/h5-6,11,16H,3-4,7-8,14H2,1-2H3. The molecule has 3 N–H and O–H groups in total. The van der Waals surface area contributed by atoms with Gasteiger partial charge in [0.1, 0.15) is 0 Å². The Bertz CT molecular complexity index is 390. The van der Waals surface area contributed by atoms with E-state index >= 15 is 0 Å². The number of hydrogen-bond acceptors (Lipinski definition) is 4. The third kappa shape index (κ3) is 3.21. The van der Waals surface area contributed by atoms with Crippen LogP contribution in [0.5, 0.6) is 0 Å². The molecule has 94 valence electrons. The molecule has 1 saturated carbocycles. The van der Waals surface area contributed by atoms with Gasteiger partial charge in [0.25, 0.3) is 0 Å². The van der Waals surface area contributed by atoms with Gasteiger partial charge in [0.05, 0.1) is 11.6 Å². The van der Waals surface area contributed by atoms with Gasteiger partial charge >= 0.3 is 0 Å². The average molecular weight is 252 g/mol. The SMILES string of the molecule is Cc1cc(C)nc(SC2CCC(N)(CO)C2)c1. The molecule has 0 aliphatic heterocycles. The van der Waals surface area contributed by atoms with Crippen LogP contribution in [0.2, 0.25) is 0 Å². The van der Waals surface area contributed by atoms with E-state index in [0.29, 0.717) is 5.25 Å². The zero-order valence-electron chi connectivity index (χ0n) is 10.4. The van der Waals surface area contributed by atoms with Crippen molar-refractivity contribution in [2.24, 2.45) is 5.73 Å². The van der Waals surface area contributed by atoms with Crippen LogP contribution in [0, 0.1) is 13.8 Å². The van der Waals surface area contributed by atoms with Crippen molar-refractivity contribution in [3.05, 3.63) is 23.4 Å². The highest BCUT2D eigenvalue weighted by atomic mass is 32.2. The maximum atomic E-state index is 9.25. The fourth-order valence-electron chi connectivity index (χ4n) is 2.39. The maximum absolute atomic E-state index is 9.25. The van der Waals surface area contributed by atoms with Crippen LogP contribution >= 0.6 is 11.8 Å². The van der Waals surface area contributed by atoms with Crippen molar-refractivity contribution in [1.82, 2.24) is 4.98 Å². The molecular formula is C13H20N2OS. The number of thioether (sulfide) groups is 1. The lowest BCUT2D eigenvalue weighted by molar-refractivity contribution is 0.200. The zero-order chi connectivity index (χ0) is 12.5. The van der Waals surface area contributed by atoms with E-state index < -0.39 is 0 Å². The van der Waals surface area contributed by atoms with Crippen molar-refractivity contribution >= 4 is 11.8 Å². The van der Waals surface area contributed by atoms with Gasteiger partial charge < -0.3 is 10.8 Å². The molecule has 1 aliphatic carbocycles. The Kier molecular flexibility index (Phi) is 3.76. The van der Waals surface area contributed by atoms with Gasteiger partial charge in [0.2, 0.25) is 0 Å². The number of aryl methyl sites for hydroxylation is 2. The number of rotatable bonds is 3. The Morgan fingerprint density at radius 3 is 2.88 bits per heavy atom. The van der Waals surface area contributed by atoms with Crippen LogP contribution in [0.15, 0.2) is 17.2 Å². The molecule has 1 fully saturated rings. The van der Waals surface area contributed by atoms with Gasteiger partial charge in [-0.25, -0.2) is 4.98 Å². The summed E-state index contributed by atoms with van der Waals surface area (Å²) >= 11 is 1.79. The Labute approximate surface area is 107 Å². The van der Waals surface area contributed by atoms with Gasteiger partial charge in [-0.1, -0.05) is 0 Å². The molecule has 0 bridgehead atoms. The van der Waals surface area contributed by atoms with Crippen LogP contribution in [0.1, 0.15) is 30.5 Å². The summed E-state index contributed by atoms with van der Waals surface area (Å²) < 4.78 is 0. The summed E-state index contributed by atoms with van der Waals surface area (Å²) in [4.78, 5) is 4.53. The van der Waals surface area contributed by atoms with Gasteiger partial charge in [0, 0.05) is 16.5 Å². The molecule has 17 heavy (non-hydrogen) atoms. The molecule has 1 aromatic rings.